The number of nitroso groups, excluding NO2 is 1. The number of ether oxygens (including phenoxy) is 1. The fraction of sp³-hybridized carbons (Fsp3) is 0.273. The lowest BCUT2D eigenvalue weighted by atomic mass is 10.1. The van der Waals surface area contributed by atoms with E-state index in [4.69, 9.17) is 27.9 Å². The van der Waals surface area contributed by atoms with Crippen LogP contribution in [0.2, 0.25) is 10.0 Å². The Morgan fingerprint density at radius 3 is 2.57 bits per heavy atom. The Labute approximate surface area is 184 Å². The van der Waals surface area contributed by atoms with Gasteiger partial charge in [-0.25, -0.2) is 0 Å². The maximum absolute atomic E-state index is 12.5. The Bertz CT molecular complexity index is 1030. The molecule has 0 atom stereocenters. The van der Waals surface area contributed by atoms with E-state index in [-0.39, 0.29) is 12.2 Å². The molecule has 30 heavy (non-hydrogen) atoms. The number of nitrogens with zero attached hydrogens (tertiary/aromatic N) is 1. The minimum absolute atomic E-state index is 0.181. The standard InChI is InChI=1S/C22H20Cl2N2O4/c1-2-13-5-3-8-18(23)17(13)12-30-20-10-9-14(11-19(20)24)25-21(27)15-6-4-7-16(15)22(28)26-29/h3,5,8-11H,2,4,6-7,12H2,1H3,(H,25,27). The number of rotatable bonds is 7. The SMILES string of the molecule is CCc1cccc(Cl)c1COc1ccc(NC(=O)C2=C(C(=O)N=O)CCC2)cc1Cl. The van der Waals surface area contributed by atoms with Crippen molar-refractivity contribution in [3.8, 4) is 5.75 Å². The Morgan fingerprint density at radius 1 is 1.10 bits per heavy atom. The van der Waals surface area contributed by atoms with E-state index in [1.54, 1.807) is 18.2 Å². The second-order valence-electron chi connectivity index (χ2n) is 6.83. The van der Waals surface area contributed by atoms with E-state index in [0.717, 1.165) is 17.5 Å². The summed E-state index contributed by atoms with van der Waals surface area (Å²) in [6, 6.07) is 10.6. The highest BCUT2D eigenvalue weighted by molar-refractivity contribution is 6.32. The van der Waals surface area contributed by atoms with Crippen LogP contribution in [0.15, 0.2) is 52.7 Å². The molecule has 0 unspecified atom stereocenters. The fourth-order valence-electron chi connectivity index (χ4n) is 3.43. The minimum Gasteiger partial charge on any atom is -0.487 e. The minimum atomic E-state index is -0.884. The van der Waals surface area contributed by atoms with Gasteiger partial charge in [-0.2, -0.15) is 0 Å². The molecule has 156 valence electrons. The second-order valence-corrected chi connectivity index (χ2v) is 7.64. The summed E-state index contributed by atoms with van der Waals surface area (Å²) in [5, 5.41) is 6.09. The van der Waals surface area contributed by atoms with Crippen LogP contribution in [0.1, 0.15) is 37.3 Å². The van der Waals surface area contributed by atoms with Gasteiger partial charge in [0.25, 0.3) is 5.91 Å². The lowest BCUT2D eigenvalue weighted by molar-refractivity contribution is -0.116. The van der Waals surface area contributed by atoms with Crippen molar-refractivity contribution in [1.29, 1.82) is 0 Å². The maximum Gasteiger partial charge on any atom is 0.313 e. The summed E-state index contributed by atoms with van der Waals surface area (Å²) in [7, 11) is 0. The molecule has 0 aliphatic heterocycles. The van der Waals surface area contributed by atoms with Gasteiger partial charge in [0.15, 0.2) is 0 Å². The molecule has 0 radical (unpaired) electrons. The van der Waals surface area contributed by atoms with Crippen LogP contribution in [0.4, 0.5) is 5.69 Å². The average molecular weight is 447 g/mol. The van der Waals surface area contributed by atoms with Crippen LogP contribution in [0.25, 0.3) is 0 Å². The van der Waals surface area contributed by atoms with Crippen molar-refractivity contribution in [3.05, 3.63) is 73.6 Å². The van der Waals surface area contributed by atoms with Crippen LogP contribution in [-0.2, 0) is 22.6 Å². The van der Waals surface area contributed by atoms with E-state index in [1.807, 2.05) is 25.1 Å². The van der Waals surface area contributed by atoms with Crippen LogP contribution in [0.3, 0.4) is 0 Å². The molecule has 1 N–H and O–H groups in total. The largest absolute Gasteiger partial charge is 0.487 e. The molecule has 0 saturated carbocycles. The third-order valence-corrected chi connectivity index (χ3v) is 5.64. The number of nitrogens with one attached hydrogen (secondary N) is 1. The smallest absolute Gasteiger partial charge is 0.313 e. The zero-order valence-electron chi connectivity index (χ0n) is 16.3. The number of aryl methyl sites for hydroxylation is 1. The van der Waals surface area contributed by atoms with Crippen LogP contribution >= 0.6 is 23.2 Å². The topological polar surface area (TPSA) is 84.8 Å². The fourth-order valence-corrected chi connectivity index (χ4v) is 3.92. The molecular weight excluding hydrogens is 427 g/mol. The zero-order chi connectivity index (χ0) is 21.7. The molecule has 0 saturated heterocycles. The van der Waals surface area contributed by atoms with E-state index in [1.165, 1.54) is 0 Å². The number of hydrogen-bond donors (Lipinski definition) is 1. The summed E-state index contributed by atoms with van der Waals surface area (Å²) in [5.41, 5.74) is 2.93. The molecule has 2 amide bonds. The first kappa shape index (κ1) is 22.0. The van der Waals surface area contributed by atoms with E-state index in [2.05, 4.69) is 10.5 Å². The molecule has 0 fully saturated rings. The number of carbonyl (C=O) groups excluding carboxylic acids is 2. The van der Waals surface area contributed by atoms with Gasteiger partial charge >= 0.3 is 5.91 Å². The van der Waals surface area contributed by atoms with Gasteiger partial charge in [0.2, 0.25) is 0 Å². The van der Waals surface area contributed by atoms with E-state index < -0.39 is 11.8 Å². The maximum atomic E-state index is 12.5. The quantitative estimate of drug-likeness (QED) is 0.540. The van der Waals surface area contributed by atoms with Crippen LogP contribution in [-0.4, -0.2) is 11.8 Å². The van der Waals surface area contributed by atoms with Crippen molar-refractivity contribution in [2.45, 2.75) is 39.2 Å². The van der Waals surface area contributed by atoms with Crippen molar-refractivity contribution in [2.24, 2.45) is 5.18 Å². The van der Waals surface area contributed by atoms with Crippen molar-refractivity contribution in [2.75, 3.05) is 5.32 Å². The second kappa shape index (κ2) is 9.87. The van der Waals surface area contributed by atoms with Crippen molar-refractivity contribution in [1.82, 2.24) is 0 Å². The lowest BCUT2D eigenvalue weighted by Crippen LogP contribution is -2.16. The van der Waals surface area contributed by atoms with Gasteiger partial charge in [-0.1, -0.05) is 42.3 Å². The monoisotopic (exact) mass is 446 g/mol. The van der Waals surface area contributed by atoms with Crippen molar-refractivity contribution < 1.29 is 14.3 Å². The molecule has 2 aromatic rings. The Kier molecular flexibility index (Phi) is 7.24. The summed E-state index contributed by atoms with van der Waals surface area (Å²) < 4.78 is 5.84. The van der Waals surface area contributed by atoms with Crippen LogP contribution in [0, 0.1) is 4.91 Å². The first-order valence-corrected chi connectivity index (χ1v) is 10.3. The molecule has 6 nitrogen and oxygen atoms in total. The van der Waals surface area contributed by atoms with Gasteiger partial charge in [-0.05, 0) is 55.5 Å². The van der Waals surface area contributed by atoms with Gasteiger partial charge in [0.05, 0.1) is 5.02 Å². The van der Waals surface area contributed by atoms with Crippen molar-refractivity contribution >= 4 is 40.7 Å². The predicted molar refractivity (Wildman–Crippen MR) is 117 cm³/mol. The number of carbonyl (C=O) groups is 2. The molecule has 0 aromatic heterocycles. The zero-order valence-corrected chi connectivity index (χ0v) is 17.8. The normalized spacial score (nSPS) is 13.3. The van der Waals surface area contributed by atoms with Gasteiger partial charge in [-0.3, -0.25) is 9.59 Å². The third-order valence-electron chi connectivity index (χ3n) is 4.99. The van der Waals surface area contributed by atoms with Gasteiger partial charge in [0.1, 0.15) is 12.4 Å². The Hall–Kier alpha value is -2.70. The molecule has 1 aliphatic carbocycles. The molecule has 8 heteroatoms. The van der Waals surface area contributed by atoms with Gasteiger partial charge in [0, 0.05) is 32.6 Å². The number of benzene rings is 2. The highest BCUT2D eigenvalue weighted by Crippen LogP contribution is 2.32. The molecule has 0 heterocycles. The van der Waals surface area contributed by atoms with E-state index >= 15 is 0 Å². The summed E-state index contributed by atoms with van der Waals surface area (Å²) >= 11 is 12.6. The highest BCUT2D eigenvalue weighted by atomic mass is 35.5. The Morgan fingerprint density at radius 2 is 1.87 bits per heavy atom. The lowest BCUT2D eigenvalue weighted by Gasteiger charge is -2.14. The van der Waals surface area contributed by atoms with E-state index in [9.17, 15) is 14.5 Å². The first-order valence-electron chi connectivity index (χ1n) is 9.54. The van der Waals surface area contributed by atoms with Crippen molar-refractivity contribution in [3.63, 3.8) is 0 Å². The number of hydrogen-bond acceptors (Lipinski definition) is 4. The third kappa shape index (κ3) is 4.89. The number of halogens is 2. The van der Waals surface area contributed by atoms with Crippen LogP contribution < -0.4 is 10.1 Å². The molecular formula is C22H20Cl2N2O4. The summed E-state index contributed by atoms with van der Waals surface area (Å²) in [5.74, 6) is -0.865. The molecule has 0 spiro atoms. The number of anilines is 1. The van der Waals surface area contributed by atoms with Crippen LogP contribution in [0.5, 0.6) is 5.75 Å². The summed E-state index contributed by atoms with van der Waals surface area (Å²) in [6.45, 7) is 2.31. The molecule has 1 aliphatic rings. The molecule has 3 rings (SSSR count). The predicted octanol–water partition coefficient (Wildman–Crippen LogP) is 5.85. The molecule has 2 aromatic carbocycles. The molecule has 0 bridgehead atoms. The van der Waals surface area contributed by atoms with Gasteiger partial charge < -0.3 is 10.1 Å². The summed E-state index contributed by atoms with van der Waals surface area (Å²) in [4.78, 5) is 34.6. The van der Waals surface area contributed by atoms with Gasteiger partial charge in [-0.15, -0.1) is 4.91 Å². The van der Waals surface area contributed by atoms with E-state index in [0.29, 0.717) is 46.3 Å². The summed E-state index contributed by atoms with van der Waals surface area (Å²) in [6.07, 6.45) is 2.27. The Balaban J connectivity index is 1.71. The first-order chi connectivity index (χ1) is 14.4. The number of amides is 2. The highest BCUT2D eigenvalue weighted by Gasteiger charge is 2.26. The average Bonchev–Trinajstić information content (AvgIpc) is 3.23.